The van der Waals surface area contributed by atoms with Crippen LogP contribution in [0.2, 0.25) is 0 Å². The van der Waals surface area contributed by atoms with Crippen molar-refractivity contribution in [3.63, 3.8) is 0 Å². The van der Waals surface area contributed by atoms with E-state index < -0.39 is 18.2 Å². The molecule has 7 rings (SSSR count). The molecule has 6 N–H and O–H groups in total. The summed E-state index contributed by atoms with van der Waals surface area (Å²) in [5.41, 5.74) is 10.6. The van der Waals surface area contributed by atoms with Crippen molar-refractivity contribution >= 4 is 89.0 Å². The molecule has 2 aliphatic heterocycles. The van der Waals surface area contributed by atoms with Crippen molar-refractivity contribution in [1.29, 1.82) is 0 Å². The summed E-state index contributed by atoms with van der Waals surface area (Å²) in [6, 6.07) is 11.6. The quantitative estimate of drug-likeness (QED) is 0.143. The van der Waals surface area contributed by atoms with Crippen molar-refractivity contribution in [2.45, 2.75) is 71.0 Å². The number of likely N-dealkylation sites (tertiary alicyclic amines) is 2. The summed E-state index contributed by atoms with van der Waals surface area (Å²) in [7, 11) is 1.20. The van der Waals surface area contributed by atoms with Gasteiger partial charge in [-0.15, -0.1) is 0 Å². The molecule has 1 spiro atoms. The number of alkyl carbamates (subject to hydrolysis) is 1. The van der Waals surface area contributed by atoms with Crippen LogP contribution in [0.1, 0.15) is 87.7 Å². The first-order valence-corrected chi connectivity index (χ1v) is 18.6. The van der Waals surface area contributed by atoms with Crippen molar-refractivity contribution in [2.24, 2.45) is 23.0 Å². The molecule has 1 saturated carbocycles. The van der Waals surface area contributed by atoms with Gasteiger partial charge in [-0.3, -0.25) is 9.59 Å². The first kappa shape index (κ1) is 47.9. The number of benzene rings is 2. The number of amides is 5. The van der Waals surface area contributed by atoms with Crippen molar-refractivity contribution in [3.05, 3.63) is 71.4 Å². The van der Waals surface area contributed by atoms with Gasteiger partial charge >= 0.3 is 12.1 Å². The Labute approximate surface area is 366 Å². The average Bonchev–Trinajstić information content (AvgIpc) is 3.65. The molecule has 3 fully saturated rings. The molecule has 3 aliphatic rings. The number of hydrogen-bond acceptors (Lipinski definition) is 7. The summed E-state index contributed by atoms with van der Waals surface area (Å²) < 4.78 is 4.66. The molecule has 2 saturated heterocycles. The van der Waals surface area contributed by atoms with E-state index in [-0.39, 0.29) is 102 Å². The maximum Gasteiger partial charge on any atom is 0.407 e. The minimum Gasteiger partial charge on any atom is -0.453 e. The molecule has 0 bridgehead atoms. The van der Waals surface area contributed by atoms with Gasteiger partial charge in [0.15, 0.2) is 0 Å². The van der Waals surface area contributed by atoms with Crippen LogP contribution < -0.4 is 16.4 Å². The molecule has 0 unspecified atom stereocenters. The largest absolute Gasteiger partial charge is 0.453 e. The lowest BCUT2D eigenvalue weighted by Crippen LogP contribution is -2.54. The smallest absolute Gasteiger partial charge is 0.407 e. The van der Waals surface area contributed by atoms with Crippen molar-refractivity contribution in [2.75, 3.05) is 26.7 Å². The van der Waals surface area contributed by atoms with E-state index in [9.17, 15) is 19.2 Å². The predicted octanol–water partition coefficient (Wildman–Crippen LogP) is 5.21. The highest BCUT2D eigenvalue weighted by molar-refractivity contribution is 7.59. The van der Waals surface area contributed by atoms with Gasteiger partial charge in [-0.1, -0.05) is 44.7 Å². The Balaban J connectivity index is 0.00000225. The van der Waals surface area contributed by atoms with E-state index in [1.165, 1.54) is 20.0 Å². The molecule has 5 amide bonds. The highest BCUT2D eigenvalue weighted by atomic mass is 32.1. The molecular formula is C40H55N9O5S4. The number of nitrogens with zero attached hydrogens (tertiary/aromatic N) is 4. The summed E-state index contributed by atoms with van der Waals surface area (Å²) in [5, 5.41) is 4.87. The Kier molecular flexibility index (Phi) is 16.5. The average molecular weight is 870 g/mol. The third-order valence-electron chi connectivity index (χ3n) is 11.2. The van der Waals surface area contributed by atoms with E-state index in [0.29, 0.717) is 18.8 Å². The van der Waals surface area contributed by atoms with Crippen molar-refractivity contribution in [1.82, 2.24) is 40.4 Å². The van der Waals surface area contributed by atoms with E-state index in [0.717, 1.165) is 58.6 Å². The number of carbonyl (C=O) groups excluding carboxylic acids is 4. The fraction of sp³-hybridized carbons (Fsp3) is 0.450. The molecule has 4 heterocycles. The van der Waals surface area contributed by atoms with E-state index in [1.807, 2.05) is 49.4 Å². The second kappa shape index (κ2) is 20.0. The fourth-order valence-electron chi connectivity index (χ4n) is 7.53. The number of imidazole rings is 2. The van der Waals surface area contributed by atoms with E-state index >= 15 is 0 Å². The zero-order valence-corrected chi connectivity index (χ0v) is 37.1. The normalized spacial score (nSPS) is 18.4. The van der Waals surface area contributed by atoms with E-state index in [1.54, 1.807) is 11.1 Å². The standard InChI is InChI=1S/C40H47N9O5.4H2S/c1-23(2)24(3)36(50)49-22-40(15-16-40)19-33(49)35-44-28-14-11-26(18-29(28)45-35)8-7-25-9-12-27(13-10-25)30-20-42-34(46-30)32-6-5-17-48(32)37(51)31(21-43-38(41)52)47-39(53)54-4;;;;/h9-14,18,20,23-24,31-33H,5-6,15-17,19,21-22H2,1-4H3,(H,42,46)(H,44,45)(H,47,53)(H3,41,43,52);4*1H2/t24-,31-,32-,33-;;;;/m0..../s1. The zero-order valence-electron chi connectivity index (χ0n) is 33.1. The number of aromatic amines is 2. The Morgan fingerprint density at radius 1 is 0.931 bits per heavy atom. The lowest BCUT2D eigenvalue weighted by atomic mass is 9.96. The second-order valence-electron chi connectivity index (χ2n) is 15.2. The Bertz CT molecular complexity index is 2140. The third-order valence-corrected chi connectivity index (χ3v) is 11.2. The van der Waals surface area contributed by atoms with Crippen LogP contribution in [0.3, 0.4) is 0 Å². The number of rotatable bonds is 9. The van der Waals surface area contributed by atoms with Crippen LogP contribution in [0, 0.1) is 29.1 Å². The predicted molar refractivity (Wildman–Crippen MR) is 243 cm³/mol. The maximum absolute atomic E-state index is 13.5. The Morgan fingerprint density at radius 3 is 2.28 bits per heavy atom. The minimum absolute atomic E-state index is 0. The van der Waals surface area contributed by atoms with Gasteiger partial charge in [0.1, 0.15) is 17.7 Å². The third kappa shape index (κ3) is 10.4. The van der Waals surface area contributed by atoms with Gasteiger partial charge in [-0.2, -0.15) is 54.0 Å². The fourth-order valence-corrected chi connectivity index (χ4v) is 7.53. The van der Waals surface area contributed by atoms with Gasteiger partial charge in [0.05, 0.1) is 42.1 Å². The van der Waals surface area contributed by atoms with E-state index in [2.05, 4.69) is 60.9 Å². The molecule has 18 heteroatoms. The second-order valence-corrected chi connectivity index (χ2v) is 15.2. The lowest BCUT2D eigenvalue weighted by molar-refractivity contribution is -0.137. The molecule has 4 atom stereocenters. The summed E-state index contributed by atoms with van der Waals surface area (Å²) in [4.78, 5) is 70.3. The van der Waals surface area contributed by atoms with Crippen molar-refractivity contribution < 1.29 is 23.9 Å². The molecule has 2 aromatic carbocycles. The maximum atomic E-state index is 13.5. The molecular weight excluding hydrogens is 815 g/mol. The number of carbonyl (C=O) groups is 4. The number of urea groups is 1. The van der Waals surface area contributed by atoms with Gasteiger partial charge in [-0.05, 0) is 79.3 Å². The highest BCUT2D eigenvalue weighted by Gasteiger charge is 2.54. The van der Waals surface area contributed by atoms with Crippen LogP contribution in [0.25, 0.3) is 22.3 Å². The van der Waals surface area contributed by atoms with Crippen LogP contribution in [0.4, 0.5) is 9.59 Å². The van der Waals surface area contributed by atoms with Crippen LogP contribution in [0.15, 0.2) is 48.7 Å². The van der Waals surface area contributed by atoms with Gasteiger partial charge in [0, 0.05) is 36.7 Å². The topological polar surface area (TPSA) is 191 Å². The SMILES string of the molecule is COC(=O)N[C@@H](CNC(N)=O)C(=O)N1CCC[C@H]1c1ncc(-c2ccc(C#Cc3ccc4nc([C@@H]5CC6(CC6)CN5C(=O)[C@@H](C)C(C)C)[nH]c4c3)cc2)[nH]1.S.S.S.S. The summed E-state index contributed by atoms with van der Waals surface area (Å²) in [5.74, 6) is 8.12. The highest BCUT2D eigenvalue weighted by Crippen LogP contribution is 2.58. The van der Waals surface area contributed by atoms with Gasteiger partial charge in [0.25, 0.3) is 0 Å². The first-order chi connectivity index (χ1) is 25.9. The van der Waals surface area contributed by atoms with Crippen molar-refractivity contribution in [3.8, 4) is 23.1 Å². The summed E-state index contributed by atoms with van der Waals surface area (Å²) >= 11 is 0. The number of nitrogens with one attached hydrogen (secondary N) is 4. The zero-order chi connectivity index (χ0) is 38.1. The number of fused-ring (bicyclic) bond motifs is 1. The van der Waals surface area contributed by atoms with Gasteiger partial charge in [-0.25, -0.2) is 19.6 Å². The lowest BCUT2D eigenvalue weighted by Gasteiger charge is -2.28. The van der Waals surface area contributed by atoms with Gasteiger partial charge in [0.2, 0.25) is 11.8 Å². The molecule has 1 aliphatic carbocycles. The summed E-state index contributed by atoms with van der Waals surface area (Å²) in [6.07, 6.45) is 5.69. The number of primary amides is 1. The number of nitrogens with two attached hydrogens (primary N) is 1. The number of H-pyrrole nitrogens is 2. The van der Waals surface area contributed by atoms with E-state index in [4.69, 9.17) is 10.7 Å². The van der Waals surface area contributed by atoms with Crippen LogP contribution in [0.5, 0.6) is 0 Å². The molecule has 58 heavy (non-hydrogen) atoms. The number of aromatic nitrogens is 4. The number of hydrogen-bond donors (Lipinski definition) is 5. The molecule has 4 aromatic rings. The number of ether oxygens (including phenoxy) is 1. The first-order valence-electron chi connectivity index (χ1n) is 18.6. The number of methoxy groups -OCH3 is 1. The van der Waals surface area contributed by atoms with Gasteiger partial charge < -0.3 is 40.9 Å². The van der Waals surface area contributed by atoms with Crippen LogP contribution >= 0.6 is 54.0 Å². The Morgan fingerprint density at radius 2 is 1.62 bits per heavy atom. The molecule has 0 radical (unpaired) electrons. The molecule has 314 valence electrons. The molecule has 14 nitrogen and oxygen atoms in total. The monoisotopic (exact) mass is 869 g/mol. The van der Waals surface area contributed by atoms with Crippen LogP contribution in [-0.4, -0.2) is 86.5 Å². The van der Waals surface area contributed by atoms with Crippen LogP contribution in [-0.2, 0) is 14.3 Å². The Hall–Kier alpha value is -4.44. The molecule has 2 aromatic heterocycles. The summed E-state index contributed by atoms with van der Waals surface area (Å²) in [6.45, 7) is 7.35. The minimum atomic E-state index is -1.05.